The zero-order valence-corrected chi connectivity index (χ0v) is 8.35. The second kappa shape index (κ2) is 3.28. The van der Waals surface area contributed by atoms with Gasteiger partial charge in [-0.1, -0.05) is 11.6 Å². The molecule has 11 heavy (non-hydrogen) atoms. The number of benzene rings is 1. The van der Waals surface area contributed by atoms with Crippen LogP contribution in [0.3, 0.4) is 0 Å². The van der Waals surface area contributed by atoms with Gasteiger partial charge in [0.1, 0.15) is 0 Å². The highest BCUT2D eigenvalue weighted by molar-refractivity contribution is 14.1. The van der Waals surface area contributed by atoms with Crippen molar-refractivity contribution in [3.05, 3.63) is 26.3 Å². The van der Waals surface area contributed by atoms with Gasteiger partial charge in [-0.2, -0.15) is 5.26 Å². The Kier molecular flexibility index (Phi) is 2.58. The summed E-state index contributed by atoms with van der Waals surface area (Å²) in [7, 11) is 0. The van der Waals surface area contributed by atoms with E-state index in [-0.39, 0.29) is 0 Å². The van der Waals surface area contributed by atoms with E-state index in [0.29, 0.717) is 16.3 Å². The van der Waals surface area contributed by atoms with Crippen molar-refractivity contribution in [1.82, 2.24) is 0 Å². The van der Waals surface area contributed by atoms with E-state index in [2.05, 4.69) is 0 Å². The topological polar surface area (TPSA) is 49.8 Å². The molecule has 0 aliphatic heterocycles. The molecule has 1 aromatic rings. The quantitative estimate of drug-likeness (QED) is 0.585. The molecular weight excluding hydrogens is 274 g/mol. The Morgan fingerprint density at radius 3 is 2.64 bits per heavy atom. The Morgan fingerprint density at radius 2 is 2.18 bits per heavy atom. The third-order valence-electron chi connectivity index (χ3n) is 1.21. The summed E-state index contributed by atoms with van der Waals surface area (Å²) in [5, 5.41) is 8.96. The van der Waals surface area contributed by atoms with Crippen molar-refractivity contribution in [2.24, 2.45) is 0 Å². The summed E-state index contributed by atoms with van der Waals surface area (Å²) >= 11 is 7.76. The maximum Gasteiger partial charge on any atom is 0.0992 e. The van der Waals surface area contributed by atoms with Gasteiger partial charge >= 0.3 is 0 Å². The number of nitrogen functional groups attached to an aromatic ring is 1. The SMILES string of the molecule is N#Cc1cc(Cl)c(N)c(I)c1. The highest BCUT2D eigenvalue weighted by Crippen LogP contribution is 2.25. The average molecular weight is 278 g/mol. The maximum atomic E-state index is 8.52. The molecule has 0 saturated carbocycles. The minimum atomic E-state index is 0.438. The van der Waals surface area contributed by atoms with Crippen molar-refractivity contribution in [2.45, 2.75) is 0 Å². The lowest BCUT2D eigenvalue weighted by Crippen LogP contribution is -1.91. The van der Waals surface area contributed by atoms with Gasteiger partial charge in [-0.3, -0.25) is 0 Å². The number of nitrogens with two attached hydrogens (primary N) is 1. The van der Waals surface area contributed by atoms with Gasteiger partial charge in [-0.25, -0.2) is 0 Å². The number of halogens is 2. The maximum absolute atomic E-state index is 8.52. The summed E-state index contributed by atoms with van der Waals surface area (Å²) in [5.41, 5.74) is 6.63. The first-order valence-corrected chi connectivity index (χ1v) is 4.25. The molecule has 0 radical (unpaired) electrons. The second-order valence-electron chi connectivity index (χ2n) is 1.97. The molecule has 0 saturated heterocycles. The van der Waals surface area contributed by atoms with Crippen LogP contribution in [0, 0.1) is 14.9 Å². The summed E-state index contributed by atoms with van der Waals surface area (Å²) in [4.78, 5) is 0. The van der Waals surface area contributed by atoms with Crippen molar-refractivity contribution in [3.63, 3.8) is 0 Å². The van der Waals surface area contributed by atoms with Crippen molar-refractivity contribution in [2.75, 3.05) is 5.73 Å². The number of hydrogen-bond acceptors (Lipinski definition) is 2. The van der Waals surface area contributed by atoms with Crippen LogP contribution in [-0.4, -0.2) is 0 Å². The molecule has 2 nitrogen and oxygen atoms in total. The van der Waals surface area contributed by atoms with Crippen LogP contribution in [0.15, 0.2) is 12.1 Å². The summed E-state index contributed by atoms with van der Waals surface area (Å²) < 4.78 is 0.812. The van der Waals surface area contributed by atoms with E-state index in [1.54, 1.807) is 12.1 Å². The summed E-state index contributed by atoms with van der Waals surface area (Å²) in [6.07, 6.45) is 0. The Morgan fingerprint density at radius 1 is 1.55 bits per heavy atom. The molecule has 0 aliphatic carbocycles. The van der Waals surface area contributed by atoms with E-state index in [1.165, 1.54) is 0 Å². The molecule has 0 heterocycles. The summed E-state index contributed by atoms with van der Waals surface area (Å²) in [6, 6.07) is 5.24. The molecule has 0 unspecified atom stereocenters. The molecule has 1 rings (SSSR count). The molecule has 0 aromatic heterocycles. The zero-order chi connectivity index (χ0) is 8.43. The molecule has 56 valence electrons. The van der Waals surface area contributed by atoms with Crippen molar-refractivity contribution in [1.29, 1.82) is 5.26 Å². The van der Waals surface area contributed by atoms with Crippen LogP contribution in [-0.2, 0) is 0 Å². The fraction of sp³-hybridized carbons (Fsp3) is 0. The standard InChI is InChI=1S/C7H4ClIN2/c8-5-1-4(3-10)2-6(9)7(5)11/h1-2H,11H2. The molecule has 0 fully saturated rings. The van der Waals surface area contributed by atoms with E-state index in [1.807, 2.05) is 28.7 Å². The van der Waals surface area contributed by atoms with E-state index >= 15 is 0 Å². The van der Waals surface area contributed by atoms with E-state index in [0.717, 1.165) is 3.57 Å². The average Bonchev–Trinajstić information content (AvgIpc) is 1.99. The van der Waals surface area contributed by atoms with Crippen molar-refractivity contribution >= 4 is 39.9 Å². The highest BCUT2D eigenvalue weighted by Gasteiger charge is 2.02. The third kappa shape index (κ3) is 1.76. The second-order valence-corrected chi connectivity index (χ2v) is 3.53. The highest BCUT2D eigenvalue weighted by atomic mass is 127. The van der Waals surface area contributed by atoms with Crippen LogP contribution < -0.4 is 5.73 Å². The molecule has 0 spiro atoms. The predicted octanol–water partition coefficient (Wildman–Crippen LogP) is 2.40. The van der Waals surface area contributed by atoms with Gasteiger partial charge in [0.25, 0.3) is 0 Å². The lowest BCUT2D eigenvalue weighted by Gasteiger charge is -2.00. The van der Waals surface area contributed by atoms with Crippen LogP contribution in [0.1, 0.15) is 5.56 Å². The van der Waals surface area contributed by atoms with Crippen LogP contribution in [0.2, 0.25) is 5.02 Å². The van der Waals surface area contributed by atoms with E-state index in [4.69, 9.17) is 22.6 Å². The minimum Gasteiger partial charge on any atom is -0.397 e. The molecule has 0 atom stereocenters. The zero-order valence-electron chi connectivity index (χ0n) is 5.44. The van der Waals surface area contributed by atoms with Gasteiger partial charge in [0.15, 0.2) is 0 Å². The molecular formula is C7H4ClIN2. The molecule has 4 heteroatoms. The molecule has 0 bridgehead atoms. The Bertz CT molecular complexity index is 307. The van der Waals surface area contributed by atoms with Gasteiger partial charge in [-0.15, -0.1) is 0 Å². The number of nitrogens with zero attached hydrogens (tertiary/aromatic N) is 1. The third-order valence-corrected chi connectivity index (χ3v) is 2.41. The van der Waals surface area contributed by atoms with Gasteiger partial charge in [0, 0.05) is 3.57 Å². The van der Waals surface area contributed by atoms with Crippen LogP contribution in [0.25, 0.3) is 0 Å². The van der Waals surface area contributed by atoms with Gasteiger partial charge in [0.05, 0.1) is 22.3 Å². The Hall–Kier alpha value is -0.470. The Labute approximate surface area is 83.1 Å². The molecule has 0 amide bonds. The van der Waals surface area contributed by atoms with Crippen molar-refractivity contribution < 1.29 is 0 Å². The van der Waals surface area contributed by atoms with E-state index < -0.39 is 0 Å². The molecule has 1 aromatic carbocycles. The summed E-state index contributed by atoms with van der Waals surface area (Å²) in [5.74, 6) is 0. The fourth-order valence-electron chi connectivity index (χ4n) is 0.649. The normalized spacial score (nSPS) is 9.18. The number of rotatable bonds is 0. The fourth-order valence-corrected chi connectivity index (χ4v) is 1.65. The monoisotopic (exact) mass is 278 g/mol. The largest absolute Gasteiger partial charge is 0.397 e. The predicted molar refractivity (Wildman–Crippen MR) is 53.3 cm³/mol. The number of anilines is 1. The lowest BCUT2D eigenvalue weighted by atomic mass is 10.2. The van der Waals surface area contributed by atoms with Crippen LogP contribution in [0.5, 0.6) is 0 Å². The van der Waals surface area contributed by atoms with Crippen LogP contribution >= 0.6 is 34.2 Å². The van der Waals surface area contributed by atoms with Gasteiger partial charge in [-0.05, 0) is 34.7 Å². The number of hydrogen-bond donors (Lipinski definition) is 1. The Balaban J connectivity index is 3.35. The van der Waals surface area contributed by atoms with Gasteiger partial charge < -0.3 is 5.73 Å². The van der Waals surface area contributed by atoms with Gasteiger partial charge in [0.2, 0.25) is 0 Å². The summed E-state index contributed by atoms with van der Waals surface area (Å²) in [6.45, 7) is 0. The smallest absolute Gasteiger partial charge is 0.0992 e. The first-order chi connectivity index (χ1) is 5.15. The molecule has 2 N–H and O–H groups in total. The minimum absolute atomic E-state index is 0.438. The first kappa shape index (κ1) is 8.62. The first-order valence-electron chi connectivity index (χ1n) is 2.79. The van der Waals surface area contributed by atoms with E-state index in [9.17, 15) is 0 Å². The number of nitriles is 1. The lowest BCUT2D eigenvalue weighted by molar-refractivity contribution is 1.47. The van der Waals surface area contributed by atoms with Crippen molar-refractivity contribution in [3.8, 4) is 6.07 Å². The van der Waals surface area contributed by atoms with Crippen LogP contribution in [0.4, 0.5) is 5.69 Å². The molecule has 0 aliphatic rings.